The normalized spacial score (nSPS) is 14.7. The predicted molar refractivity (Wildman–Crippen MR) is 94.7 cm³/mol. The molecule has 9 heteroatoms. The van der Waals surface area contributed by atoms with Crippen LogP contribution in [0.1, 0.15) is 12.8 Å². The quantitative estimate of drug-likeness (QED) is 0.425. The maximum atomic E-state index is 12.3. The van der Waals surface area contributed by atoms with Gasteiger partial charge in [0.15, 0.2) is 28.8 Å². The van der Waals surface area contributed by atoms with Crippen molar-refractivity contribution in [2.75, 3.05) is 14.2 Å². The van der Waals surface area contributed by atoms with Crippen molar-refractivity contribution in [2.45, 2.75) is 64.3 Å². The minimum Gasteiger partial charge on any atom is -0.467 e. The van der Waals surface area contributed by atoms with E-state index in [2.05, 4.69) is 0 Å². The first-order valence-corrected chi connectivity index (χ1v) is 14.6. The highest BCUT2D eigenvalue weighted by molar-refractivity contribution is 6.70. The van der Waals surface area contributed by atoms with Crippen molar-refractivity contribution in [1.82, 2.24) is 0 Å². The van der Waals surface area contributed by atoms with E-state index in [1.807, 2.05) is 39.3 Å². The van der Waals surface area contributed by atoms with Crippen LogP contribution >= 0.6 is 0 Å². The molecule has 0 unspecified atom stereocenters. The molecule has 0 spiro atoms. The molecule has 0 radical (unpaired) electrons. The van der Waals surface area contributed by atoms with Crippen molar-refractivity contribution >= 4 is 34.4 Å². The third kappa shape index (κ3) is 9.96. The second kappa shape index (κ2) is 9.45. The number of hydrogen-bond donors (Lipinski definition) is 0. The number of carbonyl (C=O) groups is 3. The van der Waals surface area contributed by atoms with Gasteiger partial charge in [-0.1, -0.05) is 0 Å². The number of ketones is 1. The van der Waals surface area contributed by atoms with Crippen molar-refractivity contribution in [3.8, 4) is 0 Å². The molecule has 0 aromatic rings. The van der Waals surface area contributed by atoms with E-state index in [0.717, 1.165) is 0 Å². The Bertz CT molecular complexity index is 412. The molecule has 24 heavy (non-hydrogen) atoms. The summed E-state index contributed by atoms with van der Waals surface area (Å²) in [5.41, 5.74) is 0. The van der Waals surface area contributed by atoms with Gasteiger partial charge in [-0.3, -0.25) is 4.79 Å². The Morgan fingerprint density at radius 3 is 1.21 bits per heavy atom. The first-order valence-electron chi connectivity index (χ1n) is 7.82. The third-order valence-electron chi connectivity index (χ3n) is 2.75. The SMILES string of the molecule is COC(=O)[C@@H](CC(=O)C[C@@H](O[Si](C)(C)C)C(=O)OC)O[Si](C)(C)C. The molecule has 0 aromatic carbocycles. The van der Waals surface area contributed by atoms with Crippen LogP contribution in [-0.4, -0.2) is 60.8 Å². The fraction of sp³-hybridized carbons (Fsp3) is 0.800. The number of ether oxygens (including phenoxy) is 2. The van der Waals surface area contributed by atoms with Crippen LogP contribution in [-0.2, 0) is 32.7 Å². The number of rotatable bonds is 10. The van der Waals surface area contributed by atoms with Crippen molar-refractivity contribution in [2.24, 2.45) is 0 Å². The van der Waals surface area contributed by atoms with E-state index in [0.29, 0.717) is 0 Å². The molecule has 0 aliphatic rings. The Hall–Kier alpha value is -1.04. The summed E-state index contributed by atoms with van der Waals surface area (Å²) >= 11 is 0. The molecule has 0 amide bonds. The van der Waals surface area contributed by atoms with E-state index in [9.17, 15) is 14.4 Å². The predicted octanol–water partition coefficient (Wildman–Crippen LogP) is 2.12. The molecule has 2 atom stereocenters. The molecule has 0 aromatic heterocycles. The number of Topliss-reactive ketones (excluding diaryl/α,β-unsaturated/α-hetero) is 1. The van der Waals surface area contributed by atoms with Crippen LogP contribution in [0.2, 0.25) is 39.3 Å². The van der Waals surface area contributed by atoms with Crippen LogP contribution in [0.4, 0.5) is 0 Å². The van der Waals surface area contributed by atoms with E-state index >= 15 is 0 Å². The first kappa shape index (κ1) is 23.0. The van der Waals surface area contributed by atoms with Crippen molar-refractivity contribution in [1.29, 1.82) is 0 Å². The minimum atomic E-state index is -2.04. The van der Waals surface area contributed by atoms with E-state index in [4.69, 9.17) is 18.3 Å². The lowest BCUT2D eigenvalue weighted by atomic mass is 10.1. The van der Waals surface area contributed by atoms with Gasteiger partial charge in [0.25, 0.3) is 0 Å². The van der Waals surface area contributed by atoms with Crippen LogP contribution < -0.4 is 0 Å². The van der Waals surface area contributed by atoms with Gasteiger partial charge in [0.1, 0.15) is 5.78 Å². The monoisotopic (exact) mass is 378 g/mol. The molecule has 0 fully saturated rings. The van der Waals surface area contributed by atoms with Crippen molar-refractivity contribution < 1.29 is 32.7 Å². The van der Waals surface area contributed by atoms with Gasteiger partial charge in [-0.05, 0) is 39.3 Å². The Morgan fingerprint density at radius 2 is 1.00 bits per heavy atom. The summed E-state index contributed by atoms with van der Waals surface area (Å²) < 4.78 is 20.9. The molecule has 0 saturated carbocycles. The van der Waals surface area contributed by atoms with Gasteiger partial charge < -0.3 is 18.3 Å². The zero-order chi connectivity index (χ0) is 19.1. The third-order valence-corrected chi connectivity index (χ3v) is 4.73. The fourth-order valence-electron chi connectivity index (χ4n) is 1.96. The summed E-state index contributed by atoms with van der Waals surface area (Å²) in [5, 5.41) is 0. The Morgan fingerprint density at radius 1 is 0.708 bits per heavy atom. The number of esters is 2. The highest BCUT2D eigenvalue weighted by Gasteiger charge is 2.33. The van der Waals surface area contributed by atoms with Gasteiger partial charge in [0.2, 0.25) is 0 Å². The Kier molecular flexibility index (Phi) is 9.04. The van der Waals surface area contributed by atoms with E-state index in [1.54, 1.807) is 0 Å². The second-order valence-corrected chi connectivity index (χ2v) is 16.4. The van der Waals surface area contributed by atoms with Crippen LogP contribution in [0.25, 0.3) is 0 Å². The average molecular weight is 379 g/mol. The molecule has 140 valence electrons. The van der Waals surface area contributed by atoms with Crippen LogP contribution in [0.15, 0.2) is 0 Å². The molecule has 0 aliphatic carbocycles. The largest absolute Gasteiger partial charge is 0.467 e. The topological polar surface area (TPSA) is 88.1 Å². The van der Waals surface area contributed by atoms with Crippen LogP contribution in [0.5, 0.6) is 0 Å². The molecule has 0 heterocycles. The highest BCUT2D eigenvalue weighted by atomic mass is 28.4. The molecule has 0 saturated heterocycles. The van der Waals surface area contributed by atoms with Crippen molar-refractivity contribution in [3.05, 3.63) is 0 Å². The van der Waals surface area contributed by atoms with Gasteiger partial charge in [-0.25, -0.2) is 9.59 Å². The van der Waals surface area contributed by atoms with E-state index < -0.39 is 40.8 Å². The number of carbonyl (C=O) groups excluding carboxylic acids is 3. The molecular formula is C15H30O7Si2. The van der Waals surface area contributed by atoms with Gasteiger partial charge >= 0.3 is 11.9 Å². The standard InChI is InChI=1S/C15H30O7Si2/c1-19-14(17)12(21-23(3,4)5)9-11(16)10-13(15(18)20-2)22-24(6,7)8/h12-13H,9-10H2,1-8H3/t12-,13-/m1/s1. The molecule has 0 N–H and O–H groups in total. The minimum absolute atomic E-state index is 0.153. The lowest BCUT2D eigenvalue weighted by Gasteiger charge is -2.26. The lowest BCUT2D eigenvalue weighted by molar-refractivity contribution is -0.153. The molecule has 7 nitrogen and oxygen atoms in total. The van der Waals surface area contributed by atoms with Crippen LogP contribution in [0.3, 0.4) is 0 Å². The maximum Gasteiger partial charge on any atom is 0.334 e. The Balaban J connectivity index is 5.00. The zero-order valence-electron chi connectivity index (χ0n) is 15.9. The maximum absolute atomic E-state index is 12.3. The van der Waals surface area contributed by atoms with E-state index in [-0.39, 0.29) is 18.6 Å². The summed E-state index contributed by atoms with van der Waals surface area (Å²) in [7, 11) is -1.59. The summed E-state index contributed by atoms with van der Waals surface area (Å²) in [6.45, 7) is 11.5. The second-order valence-electron chi connectivity index (χ2n) is 7.43. The fourth-order valence-corrected chi connectivity index (χ4v) is 4.03. The van der Waals surface area contributed by atoms with Gasteiger partial charge in [-0.2, -0.15) is 0 Å². The van der Waals surface area contributed by atoms with Crippen molar-refractivity contribution in [3.63, 3.8) is 0 Å². The average Bonchev–Trinajstić information content (AvgIpc) is 2.41. The summed E-state index contributed by atoms with van der Waals surface area (Å²) in [6, 6.07) is 0. The molecule has 0 aliphatic heterocycles. The molecule has 0 bridgehead atoms. The first-order chi connectivity index (χ1) is 10.8. The zero-order valence-corrected chi connectivity index (χ0v) is 17.9. The summed E-state index contributed by atoms with van der Waals surface area (Å²) in [6.07, 6.45) is -2.22. The van der Waals surface area contributed by atoms with E-state index in [1.165, 1.54) is 14.2 Å². The summed E-state index contributed by atoms with van der Waals surface area (Å²) in [5.74, 6) is -1.49. The smallest absolute Gasteiger partial charge is 0.334 e. The highest BCUT2D eigenvalue weighted by Crippen LogP contribution is 2.16. The Labute approximate surface area is 146 Å². The number of hydrogen-bond acceptors (Lipinski definition) is 7. The summed E-state index contributed by atoms with van der Waals surface area (Å²) in [4.78, 5) is 36.0. The van der Waals surface area contributed by atoms with Gasteiger partial charge in [0.05, 0.1) is 14.2 Å². The van der Waals surface area contributed by atoms with Gasteiger partial charge in [0, 0.05) is 12.8 Å². The lowest BCUT2D eigenvalue weighted by Crippen LogP contribution is -2.41. The van der Waals surface area contributed by atoms with Crippen LogP contribution in [0, 0.1) is 0 Å². The number of methoxy groups -OCH3 is 2. The molecular weight excluding hydrogens is 348 g/mol. The van der Waals surface area contributed by atoms with Gasteiger partial charge in [-0.15, -0.1) is 0 Å². The molecule has 0 rings (SSSR count).